The predicted octanol–water partition coefficient (Wildman–Crippen LogP) is 4.64. The van der Waals surface area contributed by atoms with Gasteiger partial charge in [0, 0.05) is 41.9 Å². The number of furan rings is 1. The average Bonchev–Trinajstić information content (AvgIpc) is 3.63. The molecule has 1 atom stereocenters. The lowest BCUT2D eigenvalue weighted by atomic mass is 10.2. The molecule has 2 aromatic carbocycles. The fraction of sp³-hybridized carbons (Fsp3) is 0.143. The number of nitrogens with one attached hydrogen (secondary N) is 2. The van der Waals surface area contributed by atoms with Gasteiger partial charge in [-0.1, -0.05) is 12.1 Å². The quantitative estimate of drug-likeness (QED) is 0.262. The minimum Gasteiger partial charge on any atom is -0.497 e. The van der Waals surface area contributed by atoms with Gasteiger partial charge in [-0.25, -0.2) is 9.97 Å². The zero-order chi connectivity index (χ0) is 26.5. The molecule has 0 aliphatic heterocycles. The summed E-state index contributed by atoms with van der Waals surface area (Å²) in [5, 5.41) is 15.4. The van der Waals surface area contributed by atoms with Crippen molar-refractivity contribution in [1.82, 2.24) is 19.5 Å². The maximum absolute atomic E-state index is 12.9. The SMILES string of the molecule is COc1ccc(-c2ccc(C(=O)Nc3cccc(-c4nccn4-c4ccnc(NC[C@H](C)O)n4)c3)o2)cc1. The smallest absolute Gasteiger partial charge is 0.291 e. The van der Waals surface area contributed by atoms with E-state index in [0.717, 1.165) is 16.9 Å². The van der Waals surface area contributed by atoms with E-state index in [1.807, 2.05) is 47.0 Å². The zero-order valence-corrected chi connectivity index (χ0v) is 20.8. The fourth-order valence-corrected chi connectivity index (χ4v) is 3.81. The molecule has 5 rings (SSSR count). The van der Waals surface area contributed by atoms with E-state index in [1.54, 1.807) is 56.9 Å². The van der Waals surface area contributed by atoms with Crippen LogP contribution >= 0.6 is 0 Å². The normalized spacial score (nSPS) is 11.7. The summed E-state index contributed by atoms with van der Waals surface area (Å²) in [6, 6.07) is 19.9. The molecule has 5 aromatic rings. The maximum Gasteiger partial charge on any atom is 0.291 e. The van der Waals surface area contributed by atoms with Crippen molar-refractivity contribution in [2.45, 2.75) is 13.0 Å². The van der Waals surface area contributed by atoms with Crippen molar-refractivity contribution in [2.24, 2.45) is 0 Å². The van der Waals surface area contributed by atoms with E-state index in [2.05, 4.69) is 25.6 Å². The number of methoxy groups -OCH3 is 1. The minimum absolute atomic E-state index is 0.195. The summed E-state index contributed by atoms with van der Waals surface area (Å²) < 4.78 is 12.8. The van der Waals surface area contributed by atoms with Crippen LogP contribution in [0.4, 0.5) is 11.6 Å². The molecule has 10 nitrogen and oxygen atoms in total. The van der Waals surface area contributed by atoms with Gasteiger partial charge < -0.3 is 24.9 Å². The van der Waals surface area contributed by atoms with Gasteiger partial charge in [0.1, 0.15) is 23.2 Å². The van der Waals surface area contributed by atoms with Crippen molar-refractivity contribution in [3.63, 3.8) is 0 Å². The summed E-state index contributed by atoms with van der Waals surface area (Å²) in [5.41, 5.74) is 2.21. The predicted molar refractivity (Wildman–Crippen MR) is 143 cm³/mol. The standard InChI is InChI=1S/C28H26N6O4/c1-18(35)17-31-28-30-13-12-25(33-28)34-15-14-29-26(34)20-4-3-5-21(16-20)32-27(36)24-11-10-23(38-24)19-6-8-22(37-2)9-7-19/h3-16,18,35H,17H2,1-2H3,(H,32,36)(H,30,31,33)/t18-/m0/s1. The van der Waals surface area contributed by atoms with Gasteiger partial charge in [0.2, 0.25) is 5.95 Å². The van der Waals surface area contributed by atoms with Gasteiger partial charge in [0.15, 0.2) is 5.76 Å². The summed E-state index contributed by atoms with van der Waals surface area (Å²) in [6.45, 7) is 2.02. The number of amides is 1. The second-order valence-electron chi connectivity index (χ2n) is 8.52. The van der Waals surface area contributed by atoms with Crippen LogP contribution in [0.5, 0.6) is 5.75 Å². The Balaban J connectivity index is 1.33. The van der Waals surface area contributed by atoms with Crippen LogP contribution in [0.1, 0.15) is 17.5 Å². The molecule has 0 fully saturated rings. The van der Waals surface area contributed by atoms with Crippen molar-refractivity contribution in [3.8, 4) is 34.3 Å². The minimum atomic E-state index is -0.528. The van der Waals surface area contributed by atoms with Crippen molar-refractivity contribution in [2.75, 3.05) is 24.3 Å². The highest BCUT2D eigenvalue weighted by atomic mass is 16.5. The molecule has 3 N–H and O–H groups in total. The fourth-order valence-electron chi connectivity index (χ4n) is 3.81. The summed E-state index contributed by atoms with van der Waals surface area (Å²) in [5.74, 6) is 2.80. The first-order chi connectivity index (χ1) is 18.5. The highest BCUT2D eigenvalue weighted by Crippen LogP contribution is 2.27. The van der Waals surface area contributed by atoms with E-state index in [-0.39, 0.29) is 11.7 Å². The number of nitrogens with zero attached hydrogens (tertiary/aromatic N) is 4. The molecule has 0 unspecified atom stereocenters. The van der Waals surface area contributed by atoms with Crippen LogP contribution in [0.2, 0.25) is 0 Å². The Labute approximate surface area is 219 Å². The molecule has 3 heterocycles. The van der Waals surface area contributed by atoms with Crippen molar-refractivity contribution in [1.29, 1.82) is 0 Å². The van der Waals surface area contributed by atoms with Gasteiger partial charge in [0.05, 0.1) is 13.2 Å². The second kappa shape index (κ2) is 11.0. The van der Waals surface area contributed by atoms with Crippen molar-refractivity contribution < 1.29 is 19.1 Å². The number of benzene rings is 2. The molecule has 0 spiro atoms. The number of aliphatic hydroxyl groups excluding tert-OH is 1. The number of rotatable bonds is 9. The Kier molecular flexibility index (Phi) is 7.14. The van der Waals surface area contributed by atoms with Gasteiger partial charge >= 0.3 is 0 Å². The van der Waals surface area contributed by atoms with Gasteiger partial charge in [-0.05, 0) is 61.5 Å². The van der Waals surface area contributed by atoms with E-state index in [0.29, 0.717) is 35.6 Å². The van der Waals surface area contributed by atoms with E-state index >= 15 is 0 Å². The number of hydrogen-bond donors (Lipinski definition) is 3. The number of carbonyl (C=O) groups is 1. The van der Waals surface area contributed by atoms with Crippen molar-refractivity contribution in [3.05, 3.63) is 91.1 Å². The van der Waals surface area contributed by atoms with Crippen LogP contribution in [-0.4, -0.2) is 50.3 Å². The Morgan fingerprint density at radius 2 is 1.89 bits per heavy atom. The molecule has 0 saturated heterocycles. The lowest BCUT2D eigenvalue weighted by Gasteiger charge is -2.11. The number of carbonyl (C=O) groups excluding carboxylic acids is 1. The highest BCUT2D eigenvalue weighted by Gasteiger charge is 2.15. The van der Waals surface area contributed by atoms with Gasteiger partial charge in [-0.2, -0.15) is 4.98 Å². The summed E-state index contributed by atoms with van der Waals surface area (Å²) in [6.07, 6.45) is 4.58. The Bertz CT molecular complexity index is 1540. The molecule has 10 heteroatoms. The first kappa shape index (κ1) is 24.7. The zero-order valence-electron chi connectivity index (χ0n) is 20.8. The number of imidazole rings is 1. The average molecular weight is 511 g/mol. The molecule has 1 amide bonds. The van der Waals surface area contributed by atoms with Crippen LogP contribution in [0.25, 0.3) is 28.5 Å². The Hall–Kier alpha value is -4.96. The monoisotopic (exact) mass is 510 g/mol. The third-order valence-electron chi connectivity index (χ3n) is 5.67. The molecule has 0 aliphatic rings. The number of aliphatic hydroxyl groups is 1. The van der Waals surface area contributed by atoms with E-state index in [9.17, 15) is 9.90 Å². The Morgan fingerprint density at radius 3 is 2.68 bits per heavy atom. The molecule has 38 heavy (non-hydrogen) atoms. The van der Waals surface area contributed by atoms with Gasteiger partial charge in [-0.15, -0.1) is 0 Å². The first-order valence-corrected chi connectivity index (χ1v) is 11.9. The lowest BCUT2D eigenvalue weighted by Crippen LogP contribution is -2.17. The summed E-state index contributed by atoms with van der Waals surface area (Å²) >= 11 is 0. The first-order valence-electron chi connectivity index (χ1n) is 11.9. The molecule has 0 saturated carbocycles. The molecule has 0 radical (unpaired) electrons. The molecule has 0 aliphatic carbocycles. The number of aromatic nitrogens is 4. The largest absolute Gasteiger partial charge is 0.497 e. The molecule has 3 aromatic heterocycles. The van der Waals surface area contributed by atoms with Gasteiger partial charge in [0.25, 0.3) is 5.91 Å². The number of anilines is 2. The van der Waals surface area contributed by atoms with E-state index in [1.165, 1.54) is 0 Å². The lowest BCUT2D eigenvalue weighted by molar-refractivity contribution is 0.0997. The van der Waals surface area contributed by atoms with Crippen molar-refractivity contribution >= 4 is 17.5 Å². The van der Waals surface area contributed by atoms with E-state index < -0.39 is 6.10 Å². The molecule has 0 bridgehead atoms. The third-order valence-corrected chi connectivity index (χ3v) is 5.67. The van der Waals surface area contributed by atoms with Gasteiger partial charge in [-0.3, -0.25) is 9.36 Å². The van der Waals surface area contributed by atoms with Crippen LogP contribution in [-0.2, 0) is 0 Å². The van der Waals surface area contributed by atoms with E-state index in [4.69, 9.17) is 9.15 Å². The Morgan fingerprint density at radius 1 is 1.05 bits per heavy atom. The number of hydrogen-bond acceptors (Lipinski definition) is 8. The molecular weight excluding hydrogens is 484 g/mol. The van der Waals surface area contributed by atoms with Crippen LogP contribution < -0.4 is 15.4 Å². The third kappa shape index (κ3) is 5.55. The topological polar surface area (TPSA) is 127 Å². The molecular formula is C28H26N6O4. The molecule has 192 valence electrons. The number of ether oxygens (including phenoxy) is 1. The maximum atomic E-state index is 12.9. The van der Waals surface area contributed by atoms with Crippen LogP contribution in [0.3, 0.4) is 0 Å². The summed E-state index contributed by atoms with van der Waals surface area (Å²) in [7, 11) is 1.61. The van der Waals surface area contributed by atoms with Crippen LogP contribution in [0, 0.1) is 0 Å². The second-order valence-corrected chi connectivity index (χ2v) is 8.52. The summed E-state index contributed by atoms with van der Waals surface area (Å²) in [4.78, 5) is 26.1. The van der Waals surface area contributed by atoms with Crippen LogP contribution in [0.15, 0.2) is 89.7 Å². The highest BCUT2D eigenvalue weighted by molar-refractivity contribution is 6.02.